The third-order valence-electron chi connectivity index (χ3n) is 3.80. The van der Waals surface area contributed by atoms with Crippen molar-refractivity contribution < 1.29 is 9.47 Å². The van der Waals surface area contributed by atoms with Crippen LogP contribution < -0.4 is 14.3 Å². The maximum absolute atomic E-state index is 5.23. The molecule has 0 spiro atoms. The summed E-state index contributed by atoms with van der Waals surface area (Å²) in [6, 6.07) is 15.9. The molecule has 0 N–H and O–H groups in total. The van der Waals surface area contributed by atoms with Crippen molar-refractivity contribution in [3.63, 3.8) is 0 Å². The van der Waals surface area contributed by atoms with Crippen molar-refractivity contribution in [2.45, 2.75) is 13.5 Å². The molecule has 0 aliphatic rings. The van der Waals surface area contributed by atoms with Gasteiger partial charge in [0.25, 0.3) is 0 Å². The van der Waals surface area contributed by atoms with Gasteiger partial charge in [-0.15, -0.1) is 11.3 Å². The van der Waals surface area contributed by atoms with Crippen LogP contribution in [0.2, 0.25) is 0 Å². The number of thiazole rings is 1. The van der Waals surface area contributed by atoms with E-state index in [1.807, 2.05) is 36.4 Å². The molecule has 0 saturated heterocycles. The first-order valence-electron chi connectivity index (χ1n) is 7.76. The Kier molecular flexibility index (Phi) is 5.01. The lowest BCUT2D eigenvalue weighted by atomic mass is 10.1. The minimum atomic E-state index is 0.836. The van der Waals surface area contributed by atoms with Crippen LogP contribution in [0.3, 0.4) is 0 Å². The van der Waals surface area contributed by atoms with Crippen molar-refractivity contribution in [3.05, 3.63) is 58.7 Å². The van der Waals surface area contributed by atoms with E-state index >= 15 is 0 Å². The van der Waals surface area contributed by atoms with Crippen LogP contribution in [0.25, 0.3) is 11.3 Å². The highest BCUT2D eigenvalue weighted by molar-refractivity contribution is 7.07. The molecule has 0 radical (unpaired) electrons. The Morgan fingerprint density at radius 2 is 1.50 bits per heavy atom. The third kappa shape index (κ3) is 3.36. The molecule has 0 bridgehead atoms. The molecule has 1 aromatic heterocycles. The summed E-state index contributed by atoms with van der Waals surface area (Å²) in [5.74, 6) is 1.70. The van der Waals surface area contributed by atoms with Gasteiger partial charge in [-0.05, 0) is 61.0 Å². The van der Waals surface area contributed by atoms with E-state index in [4.69, 9.17) is 14.5 Å². The van der Waals surface area contributed by atoms with E-state index in [2.05, 4.69) is 29.0 Å². The van der Waals surface area contributed by atoms with Gasteiger partial charge in [-0.2, -0.15) is 0 Å². The van der Waals surface area contributed by atoms with Crippen molar-refractivity contribution >= 4 is 17.0 Å². The van der Waals surface area contributed by atoms with E-state index in [1.165, 1.54) is 0 Å². The van der Waals surface area contributed by atoms with Gasteiger partial charge in [-0.1, -0.05) is 0 Å². The fourth-order valence-electron chi connectivity index (χ4n) is 2.48. The van der Waals surface area contributed by atoms with Gasteiger partial charge in [0, 0.05) is 11.9 Å². The monoisotopic (exact) mass is 340 g/mol. The van der Waals surface area contributed by atoms with Crippen LogP contribution in [0, 0.1) is 0 Å². The fraction of sp³-hybridized carbons (Fsp3) is 0.211. The Morgan fingerprint density at radius 3 is 2.04 bits per heavy atom. The lowest BCUT2D eigenvalue weighted by molar-refractivity contribution is 0.414. The molecule has 3 rings (SSSR count). The Hall–Kier alpha value is -2.53. The van der Waals surface area contributed by atoms with Crippen molar-refractivity contribution in [1.29, 1.82) is 0 Å². The molecule has 1 heterocycles. The van der Waals surface area contributed by atoms with Crippen LogP contribution >= 0.6 is 11.3 Å². The van der Waals surface area contributed by atoms with Gasteiger partial charge >= 0.3 is 0 Å². The second-order valence-corrected chi connectivity index (χ2v) is 6.02. The van der Waals surface area contributed by atoms with Gasteiger partial charge < -0.3 is 14.0 Å². The highest BCUT2D eigenvalue weighted by atomic mass is 32.1. The quantitative estimate of drug-likeness (QED) is 0.686. The number of aromatic nitrogens is 1. The van der Waals surface area contributed by atoms with Crippen molar-refractivity contribution in [3.8, 4) is 22.8 Å². The van der Waals surface area contributed by atoms with Crippen LogP contribution in [0.15, 0.2) is 58.9 Å². The highest BCUT2D eigenvalue weighted by Crippen LogP contribution is 2.24. The molecule has 0 aliphatic heterocycles. The maximum atomic E-state index is 5.23. The van der Waals surface area contributed by atoms with Gasteiger partial charge in [0.05, 0.1) is 25.6 Å². The summed E-state index contributed by atoms with van der Waals surface area (Å²) < 4.78 is 12.6. The number of hydrogen-bond acceptors (Lipinski definition) is 4. The molecule has 5 heteroatoms. The van der Waals surface area contributed by atoms with E-state index in [0.29, 0.717) is 0 Å². The zero-order chi connectivity index (χ0) is 16.9. The molecule has 0 unspecified atom stereocenters. The molecule has 0 saturated carbocycles. The molecule has 0 amide bonds. The number of nitrogens with zero attached hydrogens (tertiary/aromatic N) is 2. The van der Waals surface area contributed by atoms with Gasteiger partial charge in [0.15, 0.2) is 4.80 Å². The van der Waals surface area contributed by atoms with Gasteiger partial charge in [-0.3, -0.25) is 0 Å². The molecule has 3 aromatic rings. The molecular weight excluding hydrogens is 320 g/mol. The largest absolute Gasteiger partial charge is 0.497 e. The predicted molar refractivity (Wildman–Crippen MR) is 98.2 cm³/mol. The van der Waals surface area contributed by atoms with E-state index in [1.54, 1.807) is 25.6 Å². The first-order chi connectivity index (χ1) is 11.7. The first-order valence-corrected chi connectivity index (χ1v) is 8.64. The summed E-state index contributed by atoms with van der Waals surface area (Å²) in [7, 11) is 3.34. The summed E-state index contributed by atoms with van der Waals surface area (Å²) in [6.45, 7) is 2.99. The number of benzene rings is 2. The van der Waals surface area contributed by atoms with Gasteiger partial charge in [-0.25, -0.2) is 4.99 Å². The summed E-state index contributed by atoms with van der Waals surface area (Å²) in [5.41, 5.74) is 3.24. The first kappa shape index (κ1) is 16.3. The maximum Gasteiger partial charge on any atom is 0.190 e. The fourth-order valence-corrected chi connectivity index (χ4v) is 3.48. The Bertz CT molecular complexity index is 862. The average Bonchev–Trinajstić information content (AvgIpc) is 3.05. The smallest absolute Gasteiger partial charge is 0.190 e. The predicted octanol–water partition coefficient (Wildman–Crippen LogP) is 4.49. The van der Waals surface area contributed by atoms with Crippen LogP contribution in [0.1, 0.15) is 6.92 Å². The zero-order valence-electron chi connectivity index (χ0n) is 14.0. The van der Waals surface area contributed by atoms with Crippen molar-refractivity contribution in [1.82, 2.24) is 4.57 Å². The SMILES string of the molecule is CCn1c(-c2ccc(OC)cc2)csc1=Nc1ccc(OC)cc1. The molecule has 2 aromatic carbocycles. The van der Waals surface area contributed by atoms with Crippen LogP contribution in [0.4, 0.5) is 5.69 Å². The minimum Gasteiger partial charge on any atom is -0.497 e. The lowest BCUT2D eigenvalue weighted by Gasteiger charge is -2.07. The summed E-state index contributed by atoms with van der Waals surface area (Å²) >= 11 is 1.64. The van der Waals surface area contributed by atoms with Crippen molar-refractivity contribution in [2.24, 2.45) is 4.99 Å². The molecular formula is C19H20N2O2S. The van der Waals surface area contributed by atoms with Crippen LogP contribution in [0.5, 0.6) is 11.5 Å². The standard InChI is InChI=1S/C19H20N2O2S/c1-4-21-18(14-5-9-16(22-2)10-6-14)13-24-19(21)20-15-7-11-17(23-3)12-8-15/h5-13H,4H2,1-3H3. The van der Waals surface area contributed by atoms with E-state index in [9.17, 15) is 0 Å². The zero-order valence-corrected chi connectivity index (χ0v) is 14.8. The Balaban J connectivity index is 2.00. The van der Waals surface area contributed by atoms with Gasteiger partial charge in [0.2, 0.25) is 0 Å². The highest BCUT2D eigenvalue weighted by Gasteiger charge is 2.07. The summed E-state index contributed by atoms with van der Waals surface area (Å²) in [6.07, 6.45) is 0. The summed E-state index contributed by atoms with van der Waals surface area (Å²) in [5, 5.41) is 2.15. The third-order valence-corrected chi connectivity index (χ3v) is 4.66. The summed E-state index contributed by atoms with van der Waals surface area (Å²) in [4.78, 5) is 5.75. The Morgan fingerprint density at radius 1 is 0.917 bits per heavy atom. The molecule has 124 valence electrons. The number of ether oxygens (including phenoxy) is 2. The minimum absolute atomic E-state index is 0.836. The topological polar surface area (TPSA) is 35.8 Å². The van der Waals surface area contributed by atoms with E-state index in [-0.39, 0.29) is 0 Å². The van der Waals surface area contributed by atoms with Crippen LogP contribution in [-0.4, -0.2) is 18.8 Å². The molecule has 0 atom stereocenters. The van der Waals surface area contributed by atoms with E-state index in [0.717, 1.165) is 39.8 Å². The average molecular weight is 340 g/mol. The number of rotatable bonds is 5. The molecule has 4 nitrogen and oxygen atoms in total. The number of hydrogen-bond donors (Lipinski definition) is 0. The Labute approximate surface area is 145 Å². The second-order valence-electron chi connectivity index (χ2n) is 5.19. The van der Waals surface area contributed by atoms with Gasteiger partial charge in [0.1, 0.15) is 11.5 Å². The lowest BCUT2D eigenvalue weighted by Crippen LogP contribution is -2.14. The molecule has 0 fully saturated rings. The van der Waals surface area contributed by atoms with Crippen molar-refractivity contribution in [2.75, 3.05) is 14.2 Å². The van der Waals surface area contributed by atoms with E-state index < -0.39 is 0 Å². The second kappa shape index (κ2) is 7.36. The molecule has 24 heavy (non-hydrogen) atoms. The number of methoxy groups -OCH3 is 2. The van der Waals surface area contributed by atoms with Crippen LogP contribution in [-0.2, 0) is 6.54 Å². The normalized spacial score (nSPS) is 11.5. The molecule has 0 aliphatic carbocycles.